The molecule has 1 heterocycles. The highest BCUT2D eigenvalue weighted by Crippen LogP contribution is 2.33. The molecule has 0 bridgehead atoms. The van der Waals surface area contributed by atoms with Crippen LogP contribution in [0.25, 0.3) is 6.08 Å². The van der Waals surface area contributed by atoms with E-state index in [4.69, 9.17) is 14.2 Å². The minimum atomic E-state index is -0.633. The monoisotopic (exact) mass is 533 g/mol. The zero-order chi connectivity index (χ0) is 27.7. The van der Waals surface area contributed by atoms with Gasteiger partial charge in [-0.1, -0.05) is 42.5 Å². The van der Waals surface area contributed by atoms with Crippen LogP contribution >= 0.6 is 0 Å². The summed E-state index contributed by atoms with van der Waals surface area (Å²) in [6.45, 7) is 0.117. The highest BCUT2D eigenvalue weighted by atomic mass is 16.7. The lowest BCUT2D eigenvalue weighted by atomic mass is 10.1. The van der Waals surface area contributed by atoms with Gasteiger partial charge in [0.2, 0.25) is 6.79 Å². The molecule has 1 aliphatic heterocycles. The maximum absolute atomic E-state index is 13.0. The Morgan fingerprint density at radius 1 is 0.750 bits per heavy atom. The molecule has 9 nitrogen and oxygen atoms in total. The van der Waals surface area contributed by atoms with Crippen molar-refractivity contribution in [2.75, 3.05) is 6.79 Å². The molecule has 0 fully saturated rings. The quantitative estimate of drug-likeness (QED) is 0.113. The molecule has 0 saturated carbocycles. The van der Waals surface area contributed by atoms with E-state index >= 15 is 0 Å². The summed E-state index contributed by atoms with van der Waals surface area (Å²) in [6.07, 6.45) is 2.95. The summed E-state index contributed by atoms with van der Waals surface area (Å²) in [5.74, 6) is -0.0408. The van der Waals surface area contributed by atoms with Crippen LogP contribution in [0.15, 0.2) is 114 Å². The lowest BCUT2D eigenvalue weighted by Gasteiger charge is -2.09. The number of hydrogen-bond donors (Lipinski definition) is 2. The van der Waals surface area contributed by atoms with Crippen LogP contribution in [0.1, 0.15) is 31.8 Å². The Balaban J connectivity index is 1.26. The first-order valence-electron chi connectivity index (χ1n) is 12.2. The van der Waals surface area contributed by atoms with E-state index < -0.39 is 17.8 Å². The zero-order valence-corrected chi connectivity index (χ0v) is 21.1. The molecule has 0 atom stereocenters. The van der Waals surface area contributed by atoms with Crippen LogP contribution in [-0.2, 0) is 4.79 Å². The van der Waals surface area contributed by atoms with Crippen molar-refractivity contribution in [3.8, 4) is 17.2 Å². The van der Waals surface area contributed by atoms with Gasteiger partial charge in [0.1, 0.15) is 11.4 Å². The summed E-state index contributed by atoms with van der Waals surface area (Å²) in [7, 11) is 0. The van der Waals surface area contributed by atoms with Crippen molar-refractivity contribution in [3.63, 3.8) is 0 Å². The van der Waals surface area contributed by atoms with Crippen LogP contribution in [0, 0.1) is 0 Å². The van der Waals surface area contributed by atoms with Gasteiger partial charge in [0.05, 0.1) is 11.8 Å². The van der Waals surface area contributed by atoms with Gasteiger partial charge in [0.25, 0.3) is 11.8 Å². The van der Waals surface area contributed by atoms with Crippen molar-refractivity contribution in [2.24, 2.45) is 5.10 Å². The van der Waals surface area contributed by atoms with Crippen molar-refractivity contribution in [3.05, 3.63) is 131 Å². The maximum atomic E-state index is 13.0. The molecule has 5 rings (SSSR count). The van der Waals surface area contributed by atoms with Crippen LogP contribution in [0.5, 0.6) is 17.2 Å². The van der Waals surface area contributed by atoms with Crippen LogP contribution in [0.4, 0.5) is 0 Å². The fourth-order valence-electron chi connectivity index (χ4n) is 3.70. The molecule has 40 heavy (non-hydrogen) atoms. The predicted molar refractivity (Wildman–Crippen MR) is 148 cm³/mol. The third kappa shape index (κ3) is 6.59. The van der Waals surface area contributed by atoms with Crippen LogP contribution in [0.2, 0.25) is 0 Å². The van der Waals surface area contributed by atoms with E-state index in [2.05, 4.69) is 15.8 Å². The smallest absolute Gasteiger partial charge is 0.343 e. The van der Waals surface area contributed by atoms with E-state index in [1.54, 1.807) is 97.1 Å². The summed E-state index contributed by atoms with van der Waals surface area (Å²) in [4.78, 5) is 38.0. The Hall–Kier alpha value is -5.70. The number of hydrazone groups is 1. The second-order valence-electron chi connectivity index (χ2n) is 8.51. The lowest BCUT2D eigenvalue weighted by Crippen LogP contribution is -2.32. The molecular weight excluding hydrogens is 510 g/mol. The van der Waals surface area contributed by atoms with Gasteiger partial charge in [-0.15, -0.1) is 0 Å². The number of amides is 2. The fraction of sp³-hybridized carbons (Fsp3) is 0.0323. The van der Waals surface area contributed by atoms with E-state index in [-0.39, 0.29) is 12.5 Å². The molecule has 0 unspecified atom stereocenters. The van der Waals surface area contributed by atoms with Crippen LogP contribution in [0.3, 0.4) is 0 Å². The molecule has 198 valence electrons. The van der Waals surface area contributed by atoms with Crippen molar-refractivity contribution >= 4 is 30.1 Å². The molecule has 9 heteroatoms. The fourth-order valence-corrected chi connectivity index (χ4v) is 3.70. The normalized spacial score (nSPS) is 12.2. The Kier molecular flexibility index (Phi) is 7.93. The number of hydrogen-bond acceptors (Lipinski definition) is 7. The third-order valence-electron chi connectivity index (χ3n) is 5.72. The van der Waals surface area contributed by atoms with Crippen molar-refractivity contribution in [2.45, 2.75) is 0 Å². The summed E-state index contributed by atoms with van der Waals surface area (Å²) in [6, 6.07) is 29.0. The van der Waals surface area contributed by atoms with E-state index in [0.717, 1.165) is 0 Å². The molecular formula is C31H23N3O6. The summed E-state index contributed by atoms with van der Waals surface area (Å²) in [5.41, 5.74) is 4.52. The molecule has 4 aromatic carbocycles. The molecule has 0 aliphatic carbocycles. The van der Waals surface area contributed by atoms with E-state index in [1.165, 1.54) is 12.3 Å². The molecule has 1 aliphatic rings. The number of ether oxygens (including phenoxy) is 3. The Morgan fingerprint density at radius 2 is 1.40 bits per heavy atom. The van der Waals surface area contributed by atoms with E-state index in [0.29, 0.717) is 39.5 Å². The molecule has 0 saturated heterocycles. The van der Waals surface area contributed by atoms with Crippen molar-refractivity contribution in [1.29, 1.82) is 0 Å². The summed E-state index contributed by atoms with van der Waals surface area (Å²) >= 11 is 0. The highest BCUT2D eigenvalue weighted by molar-refractivity contribution is 6.05. The number of nitrogens with one attached hydrogen (secondary N) is 2. The third-order valence-corrected chi connectivity index (χ3v) is 5.72. The van der Waals surface area contributed by atoms with Gasteiger partial charge in [0, 0.05) is 5.56 Å². The van der Waals surface area contributed by atoms with Gasteiger partial charge in [-0.2, -0.15) is 5.10 Å². The SMILES string of the molecule is O=C(N/N=C/c1ccc(OC(=O)c2ccccc2)cc1)/C(=C/c1ccc2c(c1)OCO2)NC(=O)c1ccccc1. The largest absolute Gasteiger partial charge is 0.454 e. The van der Waals surface area contributed by atoms with Gasteiger partial charge < -0.3 is 19.5 Å². The first-order chi connectivity index (χ1) is 19.5. The average Bonchev–Trinajstić information content (AvgIpc) is 3.46. The lowest BCUT2D eigenvalue weighted by molar-refractivity contribution is -0.117. The molecule has 0 spiro atoms. The summed E-state index contributed by atoms with van der Waals surface area (Å²) in [5, 5.41) is 6.66. The Bertz CT molecular complexity index is 1580. The Labute approximate surface area is 229 Å². The van der Waals surface area contributed by atoms with Crippen LogP contribution in [-0.4, -0.2) is 30.8 Å². The highest BCUT2D eigenvalue weighted by Gasteiger charge is 2.17. The van der Waals surface area contributed by atoms with E-state index in [1.807, 2.05) is 6.07 Å². The van der Waals surface area contributed by atoms with Gasteiger partial charge in [-0.05, 0) is 77.9 Å². The topological polar surface area (TPSA) is 115 Å². The molecule has 0 aromatic heterocycles. The second kappa shape index (κ2) is 12.2. The van der Waals surface area contributed by atoms with Crippen molar-refractivity contribution in [1.82, 2.24) is 10.7 Å². The Morgan fingerprint density at radius 3 is 2.12 bits per heavy atom. The molecule has 2 amide bonds. The molecule has 2 N–H and O–H groups in total. The number of nitrogens with zero attached hydrogens (tertiary/aromatic N) is 1. The first-order valence-corrected chi connectivity index (χ1v) is 12.2. The second-order valence-corrected chi connectivity index (χ2v) is 8.51. The zero-order valence-electron chi connectivity index (χ0n) is 21.1. The van der Waals surface area contributed by atoms with Gasteiger partial charge in [-0.25, -0.2) is 10.2 Å². The number of carbonyl (C=O) groups excluding carboxylic acids is 3. The van der Waals surface area contributed by atoms with E-state index in [9.17, 15) is 14.4 Å². The predicted octanol–water partition coefficient (Wildman–Crippen LogP) is 4.56. The first kappa shape index (κ1) is 25.9. The van der Waals surface area contributed by atoms with Gasteiger partial charge in [0.15, 0.2) is 11.5 Å². The number of carbonyl (C=O) groups is 3. The van der Waals surface area contributed by atoms with Crippen LogP contribution < -0.4 is 25.0 Å². The minimum absolute atomic E-state index is 0.0203. The number of esters is 1. The van der Waals surface area contributed by atoms with Crippen molar-refractivity contribution < 1.29 is 28.6 Å². The number of rotatable bonds is 8. The van der Waals surface area contributed by atoms with Gasteiger partial charge in [-0.3, -0.25) is 9.59 Å². The number of fused-ring (bicyclic) bond motifs is 1. The average molecular weight is 534 g/mol. The standard InChI is InChI=1S/C31H23N3O6/c35-29(23-7-3-1-4-8-23)33-26(17-22-13-16-27-28(18-22)39-20-38-27)30(36)34-32-19-21-11-14-25(15-12-21)40-31(37)24-9-5-2-6-10-24/h1-19H,20H2,(H,33,35)(H,34,36)/b26-17-,32-19+. The minimum Gasteiger partial charge on any atom is -0.454 e. The summed E-state index contributed by atoms with van der Waals surface area (Å²) < 4.78 is 16.1. The van der Waals surface area contributed by atoms with Gasteiger partial charge >= 0.3 is 5.97 Å². The molecule has 0 radical (unpaired) electrons. The maximum Gasteiger partial charge on any atom is 0.343 e. The number of benzene rings is 4. The molecule has 4 aromatic rings.